The summed E-state index contributed by atoms with van der Waals surface area (Å²) in [6.07, 6.45) is 0.952. The first-order valence-corrected chi connectivity index (χ1v) is 15.3. The Morgan fingerprint density at radius 3 is 2.72 bits per heavy atom. The van der Waals surface area contributed by atoms with Crippen LogP contribution in [0.4, 0.5) is 29.1 Å². The molecule has 3 atom stereocenters. The monoisotopic (exact) mass is 621 g/mol. The van der Waals surface area contributed by atoms with Gasteiger partial charge in [-0.25, -0.2) is 22.8 Å². The van der Waals surface area contributed by atoms with Gasteiger partial charge in [-0.05, 0) is 80.5 Å². The number of hydrogen-bond acceptors (Lipinski definition) is 8. The number of aromatic nitrogens is 2. The van der Waals surface area contributed by atoms with Crippen LogP contribution < -0.4 is 9.62 Å². The summed E-state index contributed by atoms with van der Waals surface area (Å²) in [5, 5.41) is 0. The molecule has 2 heterocycles. The second kappa shape index (κ2) is 12.4. The Labute approximate surface area is 246 Å². The van der Waals surface area contributed by atoms with Gasteiger partial charge in [0.1, 0.15) is 29.6 Å². The highest BCUT2D eigenvalue weighted by molar-refractivity contribution is 7.92. The van der Waals surface area contributed by atoms with E-state index < -0.39 is 32.5 Å². The van der Waals surface area contributed by atoms with Crippen molar-refractivity contribution in [1.29, 1.82) is 0 Å². The van der Waals surface area contributed by atoms with Gasteiger partial charge < -0.3 is 9.64 Å². The maximum Gasteiger partial charge on any atom is 0.416 e. The van der Waals surface area contributed by atoms with Gasteiger partial charge in [0.05, 0.1) is 5.56 Å². The Morgan fingerprint density at radius 2 is 2.00 bits per heavy atom. The summed E-state index contributed by atoms with van der Waals surface area (Å²) < 4.78 is 89.2. The maximum absolute atomic E-state index is 15.5. The van der Waals surface area contributed by atoms with E-state index in [1.807, 2.05) is 4.90 Å². The van der Waals surface area contributed by atoms with Crippen LogP contribution in [0.3, 0.4) is 0 Å². The van der Waals surface area contributed by atoms with E-state index in [4.69, 9.17) is 4.74 Å². The summed E-state index contributed by atoms with van der Waals surface area (Å²) in [5.41, 5.74) is 1.11. The summed E-state index contributed by atoms with van der Waals surface area (Å²) in [4.78, 5) is 22.0. The Bertz CT molecular complexity index is 1560. The number of sulfonamides is 1. The summed E-state index contributed by atoms with van der Waals surface area (Å²) in [5.74, 6) is -1.09. The number of carbonyl (C=O) groups excluding carboxylic acids is 1. The molecule has 0 amide bonds. The van der Waals surface area contributed by atoms with E-state index in [2.05, 4.69) is 19.6 Å². The van der Waals surface area contributed by atoms with E-state index in [1.165, 1.54) is 42.9 Å². The molecule has 43 heavy (non-hydrogen) atoms. The third-order valence-electron chi connectivity index (χ3n) is 8.18. The Hall–Kier alpha value is -3.78. The quantitative estimate of drug-likeness (QED) is 0.203. The number of nitrogens with zero attached hydrogens (tertiary/aromatic N) is 4. The van der Waals surface area contributed by atoms with E-state index in [9.17, 15) is 26.4 Å². The second-order valence-electron chi connectivity index (χ2n) is 10.8. The topological polar surface area (TPSA) is 105 Å². The van der Waals surface area contributed by atoms with Crippen LogP contribution in [0.15, 0.2) is 59.9 Å². The molecule has 1 saturated carbocycles. The summed E-state index contributed by atoms with van der Waals surface area (Å²) in [6, 6.07) is 8.84. The predicted octanol–water partition coefficient (Wildman–Crippen LogP) is 4.96. The molecular weight excluding hydrogens is 590 g/mol. The van der Waals surface area contributed by atoms with Crippen molar-refractivity contribution in [3.8, 4) is 0 Å². The van der Waals surface area contributed by atoms with Gasteiger partial charge in [0.15, 0.2) is 0 Å². The largest absolute Gasteiger partial charge is 0.452 e. The molecule has 3 aromatic rings. The molecule has 230 valence electrons. The molecule has 0 spiro atoms. The van der Waals surface area contributed by atoms with Crippen molar-refractivity contribution >= 4 is 28.0 Å². The lowest BCUT2D eigenvalue weighted by Crippen LogP contribution is -2.55. The van der Waals surface area contributed by atoms with Crippen LogP contribution in [0.5, 0.6) is 0 Å². The number of fused-ring (bicyclic) bond motifs is 1. The van der Waals surface area contributed by atoms with Crippen LogP contribution in [0.2, 0.25) is 0 Å². The minimum atomic E-state index is -4.46. The van der Waals surface area contributed by atoms with E-state index in [-0.39, 0.29) is 30.6 Å². The number of rotatable bonds is 9. The second-order valence-corrected chi connectivity index (χ2v) is 12.5. The van der Waals surface area contributed by atoms with Gasteiger partial charge in [-0.1, -0.05) is 18.2 Å². The van der Waals surface area contributed by atoms with Gasteiger partial charge in [-0.2, -0.15) is 13.2 Å². The Balaban J connectivity index is 1.44. The van der Waals surface area contributed by atoms with Gasteiger partial charge in [0, 0.05) is 30.5 Å². The Morgan fingerprint density at radius 1 is 1.19 bits per heavy atom. The number of anilines is 2. The SMILES string of the molecule is CN(COC=O)[C@H]1C[C@@H](c2cccc(C(F)(F)F)c2)CC[C@@H]1N1CCCc2cc(S(=O)(=O)Nc3ccncn3)c(F)cc21. The molecule has 0 unspecified atom stereocenters. The van der Waals surface area contributed by atoms with Crippen LogP contribution in [0.25, 0.3) is 0 Å². The number of aryl methyl sites for hydroxylation is 1. The molecule has 1 aliphatic carbocycles. The number of likely N-dealkylation sites (N-methyl/N-ethyl adjacent to an activating group) is 1. The fourth-order valence-electron chi connectivity index (χ4n) is 6.19. The maximum atomic E-state index is 15.5. The molecule has 5 rings (SSSR count). The number of hydrogen-bond donors (Lipinski definition) is 1. The standard InChI is InChI=1S/C29H31F4N5O4S/c1-37(17-42-18-39)26-13-20(19-4-2-6-22(12-19)29(31,32)33)7-8-24(26)38-11-3-5-21-14-27(23(30)15-25(21)38)43(40,41)36-28-9-10-34-16-35-28/h2,4,6,9-10,12,14-16,18,20,24,26H,3,5,7-8,11,13,17H2,1H3,(H,34,35,36)/t20-,24-,26-/m0/s1. The lowest BCUT2D eigenvalue weighted by atomic mass is 9.76. The minimum absolute atomic E-state index is 0.00898. The van der Waals surface area contributed by atoms with Crippen molar-refractivity contribution in [3.63, 3.8) is 0 Å². The van der Waals surface area contributed by atoms with Crippen molar-refractivity contribution in [1.82, 2.24) is 14.9 Å². The average Bonchev–Trinajstić information content (AvgIpc) is 2.99. The minimum Gasteiger partial charge on any atom is -0.452 e. The van der Waals surface area contributed by atoms with Crippen molar-refractivity contribution in [2.24, 2.45) is 0 Å². The van der Waals surface area contributed by atoms with Crippen LogP contribution >= 0.6 is 0 Å². The fraction of sp³-hybridized carbons (Fsp3) is 0.414. The van der Waals surface area contributed by atoms with Crippen LogP contribution in [-0.4, -0.2) is 62.2 Å². The van der Waals surface area contributed by atoms with Crippen LogP contribution in [-0.2, 0) is 32.2 Å². The molecule has 14 heteroatoms. The number of halogens is 4. The number of alkyl halides is 3. The van der Waals surface area contributed by atoms with Crippen molar-refractivity contribution in [3.05, 3.63) is 77.5 Å². The summed E-state index contributed by atoms with van der Waals surface area (Å²) >= 11 is 0. The first-order chi connectivity index (χ1) is 20.5. The van der Waals surface area contributed by atoms with E-state index >= 15 is 4.39 Å². The summed E-state index contributed by atoms with van der Waals surface area (Å²) in [6.45, 7) is 0.887. The smallest absolute Gasteiger partial charge is 0.416 e. The molecular formula is C29H31F4N5O4S. The highest BCUT2D eigenvalue weighted by atomic mass is 32.2. The lowest BCUT2D eigenvalue weighted by Gasteiger charge is -2.48. The summed E-state index contributed by atoms with van der Waals surface area (Å²) in [7, 11) is -2.50. The van der Waals surface area contributed by atoms with Crippen LogP contribution in [0, 0.1) is 5.82 Å². The normalized spacial score (nSPS) is 20.9. The number of ether oxygens (including phenoxy) is 1. The number of benzene rings is 2. The molecule has 9 nitrogen and oxygen atoms in total. The zero-order valence-electron chi connectivity index (χ0n) is 23.3. The first kappa shape index (κ1) is 30.7. The molecule has 0 radical (unpaired) electrons. The zero-order valence-corrected chi connectivity index (χ0v) is 24.1. The van der Waals surface area contributed by atoms with Gasteiger partial charge in [-0.3, -0.25) is 14.4 Å². The van der Waals surface area contributed by atoms with Gasteiger partial charge in [0.2, 0.25) is 0 Å². The first-order valence-electron chi connectivity index (χ1n) is 13.8. The molecule has 1 fully saturated rings. The Kier molecular flexibility index (Phi) is 8.88. The average molecular weight is 622 g/mol. The molecule has 2 aromatic carbocycles. The van der Waals surface area contributed by atoms with Gasteiger partial charge >= 0.3 is 6.18 Å². The predicted molar refractivity (Wildman–Crippen MR) is 150 cm³/mol. The third kappa shape index (κ3) is 6.74. The highest BCUT2D eigenvalue weighted by Crippen LogP contribution is 2.42. The molecule has 0 saturated heterocycles. The van der Waals surface area contributed by atoms with E-state index in [0.717, 1.165) is 6.07 Å². The molecule has 1 N–H and O–H groups in total. The van der Waals surface area contributed by atoms with E-state index in [1.54, 1.807) is 13.1 Å². The molecule has 0 bridgehead atoms. The van der Waals surface area contributed by atoms with E-state index in [0.29, 0.717) is 61.9 Å². The van der Waals surface area contributed by atoms with Crippen molar-refractivity contribution in [2.45, 2.75) is 61.2 Å². The highest BCUT2D eigenvalue weighted by Gasteiger charge is 2.40. The lowest BCUT2D eigenvalue weighted by molar-refractivity contribution is -0.137. The van der Waals surface area contributed by atoms with Crippen LogP contribution in [0.1, 0.15) is 48.3 Å². The van der Waals surface area contributed by atoms with Gasteiger partial charge in [-0.15, -0.1) is 0 Å². The fourth-order valence-corrected chi connectivity index (χ4v) is 7.31. The third-order valence-corrected chi connectivity index (χ3v) is 9.55. The number of nitrogens with one attached hydrogen (secondary N) is 1. The van der Waals surface area contributed by atoms with Gasteiger partial charge in [0.25, 0.3) is 16.5 Å². The van der Waals surface area contributed by atoms with Crippen molar-refractivity contribution in [2.75, 3.05) is 29.9 Å². The molecule has 1 aromatic heterocycles. The zero-order chi connectivity index (χ0) is 30.8. The van der Waals surface area contributed by atoms with Crippen molar-refractivity contribution < 1.29 is 35.5 Å². The number of carbonyl (C=O) groups is 1. The molecule has 1 aliphatic heterocycles. The molecule has 2 aliphatic rings.